The number of nitrogens with zero attached hydrogens (tertiary/aromatic N) is 3. The van der Waals surface area contributed by atoms with Crippen LogP contribution in [0.25, 0.3) is 10.2 Å². The third-order valence-electron chi connectivity index (χ3n) is 5.50. The number of nitrogens with one attached hydrogen (secondary N) is 1. The number of ether oxygens (including phenoxy) is 1. The highest BCUT2D eigenvalue weighted by atomic mass is 32.1. The molecule has 1 saturated heterocycles. The van der Waals surface area contributed by atoms with Crippen molar-refractivity contribution in [2.45, 2.75) is 19.2 Å². The molecule has 0 amide bonds. The molecule has 34 heavy (non-hydrogen) atoms. The highest BCUT2D eigenvalue weighted by Crippen LogP contribution is 2.30. The molecule has 1 aromatic heterocycles. The van der Waals surface area contributed by atoms with Crippen molar-refractivity contribution in [3.63, 3.8) is 0 Å². The van der Waals surface area contributed by atoms with Gasteiger partial charge in [-0.25, -0.2) is 4.98 Å². The number of piperazine rings is 1. The van der Waals surface area contributed by atoms with E-state index < -0.39 is 17.8 Å². The van der Waals surface area contributed by atoms with Gasteiger partial charge in [0, 0.05) is 44.5 Å². The zero-order valence-electron chi connectivity index (χ0n) is 18.5. The maximum absolute atomic E-state index is 12.7. The van der Waals surface area contributed by atoms with E-state index in [1.165, 1.54) is 12.1 Å². The summed E-state index contributed by atoms with van der Waals surface area (Å²) in [6.45, 7) is 5.34. The number of aliphatic hydroxyl groups is 1. The fourth-order valence-electron chi connectivity index (χ4n) is 3.73. The molecule has 182 valence electrons. The van der Waals surface area contributed by atoms with Crippen LogP contribution < -0.4 is 10.1 Å². The molecule has 0 saturated carbocycles. The van der Waals surface area contributed by atoms with E-state index in [1.54, 1.807) is 11.3 Å². The Hall–Kier alpha value is -2.47. The van der Waals surface area contributed by atoms with Crippen LogP contribution in [0.15, 0.2) is 42.5 Å². The molecule has 0 bridgehead atoms. The largest absolute Gasteiger partial charge is 0.491 e. The predicted molar refractivity (Wildman–Crippen MR) is 132 cm³/mol. The van der Waals surface area contributed by atoms with Crippen LogP contribution in [0.1, 0.15) is 10.6 Å². The second-order valence-corrected chi connectivity index (χ2v) is 9.74. The number of rotatable bonds is 6. The molecule has 0 spiro atoms. The topological polar surface area (TPSA) is 60.9 Å². The Morgan fingerprint density at radius 3 is 2.56 bits per heavy atom. The van der Waals surface area contributed by atoms with Crippen LogP contribution in [-0.2, 0) is 6.18 Å². The smallest absolute Gasteiger partial charge is 0.416 e. The molecule has 2 aromatic carbocycles. The molecule has 0 unspecified atom stereocenters. The third-order valence-corrected chi connectivity index (χ3v) is 6.81. The summed E-state index contributed by atoms with van der Waals surface area (Å²) in [4.78, 5) is 8.56. The second-order valence-electron chi connectivity index (χ2n) is 8.12. The number of aliphatic hydroxyl groups excluding tert-OH is 1. The van der Waals surface area contributed by atoms with E-state index in [2.05, 4.69) is 15.2 Å². The summed E-state index contributed by atoms with van der Waals surface area (Å²) in [5, 5.41) is 14.9. The van der Waals surface area contributed by atoms with E-state index in [4.69, 9.17) is 17.0 Å². The first-order chi connectivity index (χ1) is 16.2. The number of hydrogen-bond donors (Lipinski definition) is 2. The molecule has 2 N–H and O–H groups in total. The number of benzene rings is 2. The van der Waals surface area contributed by atoms with Crippen LogP contribution in [0.5, 0.6) is 5.75 Å². The number of alkyl halides is 3. The molecular weight excluding hydrogens is 485 g/mol. The number of aromatic nitrogens is 1. The number of hydrogen-bond acceptors (Lipinski definition) is 6. The molecule has 4 rings (SSSR count). The summed E-state index contributed by atoms with van der Waals surface area (Å²) in [6, 6.07) is 10.5. The quantitative estimate of drug-likeness (QED) is 0.478. The minimum Gasteiger partial charge on any atom is -0.491 e. The standard InChI is InChI=1S/C23H25F3N4O2S2/c1-15-27-20-12-19(6-7-21(20)34-15)32-14-18(31)13-29-8-10-30(11-9-29)22(33)28-17-4-2-16(3-5-17)23(24,25)26/h2-7,12,18,31H,8-11,13-14H2,1H3,(H,28,33)/t18-/m1/s1. The number of halogens is 3. The lowest BCUT2D eigenvalue weighted by Crippen LogP contribution is -2.51. The number of β-amino-alcohol motifs (C(OH)–C–C–N with tert-alkyl or cyclic N) is 1. The number of aryl methyl sites for hydroxylation is 1. The molecule has 1 aliphatic rings. The minimum absolute atomic E-state index is 0.183. The lowest BCUT2D eigenvalue weighted by molar-refractivity contribution is -0.137. The van der Waals surface area contributed by atoms with Crippen LogP contribution >= 0.6 is 23.6 Å². The fourth-order valence-corrected chi connectivity index (χ4v) is 4.84. The van der Waals surface area contributed by atoms with Gasteiger partial charge in [0.05, 0.1) is 20.8 Å². The lowest BCUT2D eigenvalue weighted by Gasteiger charge is -2.37. The summed E-state index contributed by atoms with van der Waals surface area (Å²) < 4.78 is 45.0. The summed E-state index contributed by atoms with van der Waals surface area (Å²) in [5.74, 6) is 0.682. The normalized spacial score (nSPS) is 16.0. The van der Waals surface area contributed by atoms with Crippen molar-refractivity contribution < 1.29 is 23.0 Å². The Morgan fingerprint density at radius 2 is 1.88 bits per heavy atom. The van der Waals surface area contributed by atoms with Crippen molar-refractivity contribution in [1.82, 2.24) is 14.8 Å². The molecule has 3 aromatic rings. The molecule has 0 radical (unpaired) electrons. The first kappa shape index (κ1) is 24.6. The summed E-state index contributed by atoms with van der Waals surface area (Å²) in [5.41, 5.74) is 0.712. The molecule has 6 nitrogen and oxygen atoms in total. The van der Waals surface area contributed by atoms with Gasteiger partial charge in [0.15, 0.2) is 5.11 Å². The van der Waals surface area contributed by atoms with E-state index >= 15 is 0 Å². The van der Waals surface area contributed by atoms with Gasteiger partial charge < -0.3 is 20.1 Å². The number of thiazole rings is 1. The van der Waals surface area contributed by atoms with Crippen molar-refractivity contribution in [1.29, 1.82) is 0 Å². The van der Waals surface area contributed by atoms with E-state index in [0.29, 0.717) is 49.3 Å². The highest BCUT2D eigenvalue weighted by Gasteiger charge is 2.30. The van der Waals surface area contributed by atoms with E-state index in [1.807, 2.05) is 30.0 Å². The lowest BCUT2D eigenvalue weighted by atomic mass is 10.2. The maximum atomic E-state index is 12.7. The Labute approximate surface area is 205 Å². The van der Waals surface area contributed by atoms with Gasteiger partial charge in [-0.15, -0.1) is 11.3 Å². The Kier molecular flexibility index (Phi) is 7.56. The van der Waals surface area contributed by atoms with Gasteiger partial charge in [0.1, 0.15) is 18.5 Å². The summed E-state index contributed by atoms with van der Waals surface area (Å²) in [7, 11) is 0. The Balaban J connectivity index is 1.19. The van der Waals surface area contributed by atoms with E-state index in [0.717, 1.165) is 27.4 Å². The molecule has 2 heterocycles. The van der Waals surface area contributed by atoms with Gasteiger partial charge in [-0.2, -0.15) is 13.2 Å². The highest BCUT2D eigenvalue weighted by molar-refractivity contribution is 7.80. The third kappa shape index (κ3) is 6.35. The maximum Gasteiger partial charge on any atom is 0.416 e. The Bertz CT molecular complexity index is 1130. The number of fused-ring (bicyclic) bond motifs is 1. The van der Waals surface area contributed by atoms with Crippen molar-refractivity contribution in [3.05, 3.63) is 53.0 Å². The van der Waals surface area contributed by atoms with Crippen LogP contribution in [-0.4, -0.2) is 70.4 Å². The van der Waals surface area contributed by atoms with Gasteiger partial charge in [-0.1, -0.05) is 0 Å². The van der Waals surface area contributed by atoms with Crippen molar-refractivity contribution in [2.75, 3.05) is 44.6 Å². The van der Waals surface area contributed by atoms with Crippen LogP contribution in [0, 0.1) is 6.92 Å². The molecule has 0 aliphatic carbocycles. The van der Waals surface area contributed by atoms with Gasteiger partial charge in [-0.3, -0.25) is 4.90 Å². The fraction of sp³-hybridized carbons (Fsp3) is 0.391. The molecule has 1 fully saturated rings. The monoisotopic (exact) mass is 510 g/mol. The van der Waals surface area contributed by atoms with Crippen LogP contribution in [0.4, 0.5) is 18.9 Å². The zero-order valence-corrected chi connectivity index (χ0v) is 20.1. The van der Waals surface area contributed by atoms with Gasteiger partial charge >= 0.3 is 6.18 Å². The van der Waals surface area contributed by atoms with Gasteiger partial charge in [0.2, 0.25) is 0 Å². The van der Waals surface area contributed by atoms with E-state index in [-0.39, 0.29) is 6.61 Å². The zero-order chi connectivity index (χ0) is 24.3. The summed E-state index contributed by atoms with van der Waals surface area (Å²) >= 11 is 7.05. The Morgan fingerprint density at radius 1 is 1.18 bits per heavy atom. The average Bonchev–Trinajstić information content (AvgIpc) is 3.17. The van der Waals surface area contributed by atoms with Gasteiger partial charge in [-0.05, 0) is 55.5 Å². The SMILES string of the molecule is Cc1nc2cc(OC[C@H](O)CN3CCN(C(=S)Nc4ccc(C(F)(F)F)cc4)CC3)ccc2s1. The van der Waals surface area contributed by atoms with E-state index in [9.17, 15) is 18.3 Å². The van der Waals surface area contributed by atoms with Crippen LogP contribution in [0.2, 0.25) is 0 Å². The predicted octanol–water partition coefficient (Wildman–Crippen LogP) is 4.38. The molecule has 1 aliphatic heterocycles. The average molecular weight is 511 g/mol. The van der Waals surface area contributed by atoms with Crippen molar-refractivity contribution in [3.8, 4) is 5.75 Å². The first-order valence-electron chi connectivity index (χ1n) is 10.8. The number of thiocarbonyl (C=S) groups is 1. The van der Waals surface area contributed by atoms with Gasteiger partial charge in [0.25, 0.3) is 0 Å². The van der Waals surface area contributed by atoms with Crippen LogP contribution in [0.3, 0.4) is 0 Å². The molecular formula is C23H25F3N4O2S2. The molecule has 11 heteroatoms. The second kappa shape index (κ2) is 10.4. The molecule has 1 atom stereocenters. The number of anilines is 1. The van der Waals surface area contributed by atoms with Crippen molar-refractivity contribution >= 4 is 44.6 Å². The first-order valence-corrected chi connectivity index (χ1v) is 12.0. The summed E-state index contributed by atoms with van der Waals surface area (Å²) in [6.07, 6.45) is -5.00. The van der Waals surface area contributed by atoms with Crippen molar-refractivity contribution in [2.24, 2.45) is 0 Å². The minimum atomic E-state index is -4.36.